The summed E-state index contributed by atoms with van der Waals surface area (Å²) in [5, 5.41) is 13.7. The van der Waals surface area contributed by atoms with E-state index < -0.39 is 6.04 Å². The van der Waals surface area contributed by atoms with E-state index in [1.807, 2.05) is 47.9 Å². The summed E-state index contributed by atoms with van der Waals surface area (Å²) in [6.07, 6.45) is 2.44. The highest BCUT2D eigenvalue weighted by Crippen LogP contribution is 2.05. The number of hydrogen-bond acceptors (Lipinski definition) is 4. The molecule has 3 aromatic rings. The summed E-state index contributed by atoms with van der Waals surface area (Å²) in [6.45, 7) is 4.00. The predicted molar refractivity (Wildman–Crippen MR) is 97.8 cm³/mol. The van der Waals surface area contributed by atoms with Crippen molar-refractivity contribution >= 4 is 17.5 Å². The van der Waals surface area contributed by atoms with Gasteiger partial charge >= 0.3 is 0 Å². The number of aryl methyl sites for hydroxylation is 1. The highest BCUT2D eigenvalue weighted by molar-refractivity contribution is 5.97. The largest absolute Gasteiger partial charge is 0.354 e. The molecule has 0 bridgehead atoms. The van der Waals surface area contributed by atoms with Gasteiger partial charge in [-0.15, -0.1) is 10.2 Å². The van der Waals surface area contributed by atoms with Crippen LogP contribution in [0.4, 0.5) is 0 Å². The van der Waals surface area contributed by atoms with Crippen LogP contribution in [0.15, 0.2) is 48.7 Å². The molecule has 0 radical (unpaired) electrons. The van der Waals surface area contributed by atoms with Crippen LogP contribution in [0, 0.1) is 6.92 Å². The Bertz CT molecular complexity index is 934. The smallest absolute Gasteiger partial charge is 0.251 e. The van der Waals surface area contributed by atoms with Crippen LogP contribution in [-0.4, -0.2) is 39.0 Å². The van der Waals surface area contributed by atoms with Crippen LogP contribution in [0.2, 0.25) is 0 Å². The van der Waals surface area contributed by atoms with Crippen molar-refractivity contribution in [3.05, 3.63) is 65.6 Å². The molecule has 0 fully saturated rings. The molecule has 2 amide bonds. The average Bonchev–Trinajstić information content (AvgIpc) is 3.05. The number of nitrogens with zero attached hydrogens (tertiary/aromatic N) is 3. The van der Waals surface area contributed by atoms with Gasteiger partial charge in [0.1, 0.15) is 11.9 Å². The van der Waals surface area contributed by atoms with Crippen LogP contribution >= 0.6 is 0 Å². The lowest BCUT2D eigenvalue weighted by Crippen LogP contribution is -2.45. The van der Waals surface area contributed by atoms with Crippen molar-refractivity contribution in [2.45, 2.75) is 26.3 Å². The molecule has 0 aliphatic rings. The maximum Gasteiger partial charge on any atom is 0.251 e. The van der Waals surface area contributed by atoms with Gasteiger partial charge in [-0.25, -0.2) is 0 Å². The molecule has 0 spiro atoms. The molecule has 7 heteroatoms. The Kier molecular flexibility index (Phi) is 5.26. The van der Waals surface area contributed by atoms with Gasteiger partial charge in [0.05, 0.1) is 0 Å². The summed E-state index contributed by atoms with van der Waals surface area (Å²) in [7, 11) is 0. The third-order valence-electron chi connectivity index (χ3n) is 4.05. The third-order valence-corrected chi connectivity index (χ3v) is 4.05. The van der Waals surface area contributed by atoms with Gasteiger partial charge < -0.3 is 10.6 Å². The number of amides is 2. The number of rotatable bonds is 6. The van der Waals surface area contributed by atoms with E-state index in [1.54, 1.807) is 19.1 Å². The molecule has 0 saturated carbocycles. The summed E-state index contributed by atoms with van der Waals surface area (Å²) in [5.74, 6) is 0.275. The average molecular weight is 351 g/mol. The molecule has 26 heavy (non-hydrogen) atoms. The van der Waals surface area contributed by atoms with Gasteiger partial charge in [-0.1, -0.05) is 23.8 Å². The summed E-state index contributed by atoms with van der Waals surface area (Å²) in [5.41, 5.74) is 2.31. The first-order chi connectivity index (χ1) is 12.5. The van der Waals surface area contributed by atoms with E-state index in [4.69, 9.17) is 0 Å². The Morgan fingerprint density at radius 1 is 1.15 bits per heavy atom. The molecular weight excluding hydrogens is 330 g/mol. The zero-order valence-corrected chi connectivity index (χ0v) is 14.8. The van der Waals surface area contributed by atoms with Crippen molar-refractivity contribution in [3.8, 4) is 0 Å². The molecule has 0 saturated heterocycles. The van der Waals surface area contributed by atoms with Gasteiger partial charge in [0, 0.05) is 24.7 Å². The lowest BCUT2D eigenvalue weighted by Gasteiger charge is -2.14. The van der Waals surface area contributed by atoms with E-state index >= 15 is 0 Å². The molecular formula is C19H21N5O2. The number of nitrogens with one attached hydrogen (secondary N) is 2. The maximum atomic E-state index is 12.2. The highest BCUT2D eigenvalue weighted by atomic mass is 16.2. The van der Waals surface area contributed by atoms with E-state index in [1.165, 1.54) is 0 Å². The molecule has 3 rings (SSSR count). The van der Waals surface area contributed by atoms with Crippen molar-refractivity contribution in [3.63, 3.8) is 0 Å². The fourth-order valence-corrected chi connectivity index (χ4v) is 2.64. The van der Waals surface area contributed by atoms with E-state index in [2.05, 4.69) is 20.8 Å². The fraction of sp³-hybridized carbons (Fsp3) is 0.263. The van der Waals surface area contributed by atoms with Gasteiger partial charge in [-0.05, 0) is 38.1 Å². The highest BCUT2D eigenvalue weighted by Gasteiger charge is 2.16. The number of pyridine rings is 1. The second-order valence-electron chi connectivity index (χ2n) is 6.15. The molecule has 1 atom stereocenters. The number of aromatic nitrogens is 3. The molecule has 2 heterocycles. The van der Waals surface area contributed by atoms with Crippen LogP contribution in [0.1, 0.15) is 28.7 Å². The number of benzene rings is 1. The SMILES string of the molecule is Cc1cccc(C(=O)NC(C)C(=O)NCCc2nnc3ccccn23)c1. The number of carbonyl (C=O) groups is 2. The Morgan fingerprint density at radius 3 is 2.81 bits per heavy atom. The van der Waals surface area contributed by atoms with Gasteiger partial charge in [0.25, 0.3) is 5.91 Å². The standard InChI is InChI=1S/C19H21N5O2/c1-13-6-5-7-15(12-13)19(26)21-14(2)18(25)20-10-9-17-23-22-16-8-3-4-11-24(16)17/h3-8,11-12,14H,9-10H2,1-2H3,(H,20,25)(H,21,26). The molecule has 7 nitrogen and oxygen atoms in total. The predicted octanol–water partition coefficient (Wildman–Crippen LogP) is 1.51. The van der Waals surface area contributed by atoms with Gasteiger partial charge in [-0.3, -0.25) is 14.0 Å². The van der Waals surface area contributed by atoms with E-state index in [0.717, 1.165) is 17.0 Å². The van der Waals surface area contributed by atoms with Crippen molar-refractivity contribution in [2.24, 2.45) is 0 Å². The van der Waals surface area contributed by atoms with Gasteiger partial charge in [0.15, 0.2) is 5.65 Å². The monoisotopic (exact) mass is 351 g/mol. The molecule has 1 unspecified atom stereocenters. The zero-order chi connectivity index (χ0) is 18.5. The topological polar surface area (TPSA) is 88.4 Å². The number of carbonyl (C=O) groups excluding carboxylic acids is 2. The summed E-state index contributed by atoms with van der Waals surface area (Å²) < 4.78 is 1.88. The Labute approximate surface area is 151 Å². The molecule has 0 aliphatic heterocycles. The molecule has 2 aromatic heterocycles. The Balaban J connectivity index is 1.50. The quantitative estimate of drug-likeness (QED) is 0.705. The Hall–Kier alpha value is -3.22. The number of fused-ring (bicyclic) bond motifs is 1. The van der Waals surface area contributed by atoms with Gasteiger partial charge in [0.2, 0.25) is 5.91 Å². The summed E-state index contributed by atoms with van der Waals surface area (Å²) >= 11 is 0. The molecule has 1 aromatic carbocycles. The molecule has 0 aliphatic carbocycles. The minimum absolute atomic E-state index is 0.236. The summed E-state index contributed by atoms with van der Waals surface area (Å²) in [6, 6.07) is 12.3. The maximum absolute atomic E-state index is 12.2. The summed E-state index contributed by atoms with van der Waals surface area (Å²) in [4.78, 5) is 24.4. The zero-order valence-electron chi connectivity index (χ0n) is 14.8. The number of hydrogen-bond donors (Lipinski definition) is 2. The normalized spacial score (nSPS) is 11.9. The second-order valence-corrected chi connectivity index (χ2v) is 6.15. The minimum Gasteiger partial charge on any atom is -0.354 e. The van der Waals surface area contributed by atoms with Crippen molar-refractivity contribution in [1.29, 1.82) is 0 Å². The Morgan fingerprint density at radius 2 is 2.00 bits per heavy atom. The minimum atomic E-state index is -0.627. The first-order valence-corrected chi connectivity index (χ1v) is 8.48. The lowest BCUT2D eigenvalue weighted by atomic mass is 10.1. The molecule has 2 N–H and O–H groups in total. The van der Waals surface area contributed by atoms with E-state index in [-0.39, 0.29) is 11.8 Å². The fourth-order valence-electron chi connectivity index (χ4n) is 2.64. The van der Waals surface area contributed by atoms with Crippen LogP contribution < -0.4 is 10.6 Å². The van der Waals surface area contributed by atoms with E-state index in [0.29, 0.717) is 18.5 Å². The van der Waals surface area contributed by atoms with Gasteiger partial charge in [-0.2, -0.15) is 0 Å². The van der Waals surface area contributed by atoms with Crippen LogP contribution in [-0.2, 0) is 11.2 Å². The first-order valence-electron chi connectivity index (χ1n) is 8.48. The van der Waals surface area contributed by atoms with Crippen LogP contribution in [0.5, 0.6) is 0 Å². The third kappa shape index (κ3) is 4.05. The van der Waals surface area contributed by atoms with Crippen molar-refractivity contribution in [1.82, 2.24) is 25.2 Å². The lowest BCUT2D eigenvalue weighted by molar-refractivity contribution is -0.122. The molecule has 134 valence electrons. The second kappa shape index (κ2) is 7.77. The van der Waals surface area contributed by atoms with Crippen molar-refractivity contribution < 1.29 is 9.59 Å². The van der Waals surface area contributed by atoms with Crippen LogP contribution in [0.3, 0.4) is 0 Å². The van der Waals surface area contributed by atoms with E-state index in [9.17, 15) is 9.59 Å². The van der Waals surface area contributed by atoms with Crippen LogP contribution in [0.25, 0.3) is 5.65 Å². The first kappa shape index (κ1) is 17.6. The van der Waals surface area contributed by atoms with Crippen molar-refractivity contribution in [2.75, 3.05) is 6.54 Å².